The van der Waals surface area contributed by atoms with Gasteiger partial charge in [0, 0.05) is 24.6 Å². The Hall–Kier alpha value is -2.04. The second-order valence-electron chi connectivity index (χ2n) is 4.66. The van der Waals surface area contributed by atoms with Crippen LogP contribution >= 0.6 is 0 Å². The van der Waals surface area contributed by atoms with Crippen molar-refractivity contribution in [3.8, 4) is 5.75 Å². The summed E-state index contributed by atoms with van der Waals surface area (Å²) in [5.41, 5.74) is 0.580. The normalized spacial score (nSPS) is 19.0. The number of piperidine rings is 1. The average Bonchev–Trinajstić information content (AvgIpc) is 2.46. The Morgan fingerprint density at radius 1 is 1.42 bits per heavy atom. The van der Waals surface area contributed by atoms with Gasteiger partial charge in [-0.1, -0.05) is 12.1 Å². The number of carbonyl (C=O) groups excluding carboxylic acids is 1. The Morgan fingerprint density at radius 2 is 2.21 bits per heavy atom. The van der Waals surface area contributed by atoms with Crippen LogP contribution in [0.4, 0.5) is 4.79 Å². The van der Waals surface area contributed by atoms with Gasteiger partial charge in [0.05, 0.1) is 7.11 Å². The van der Waals surface area contributed by atoms with Crippen LogP contribution in [0.1, 0.15) is 23.2 Å². The molecule has 1 N–H and O–H groups in total. The molecular formula is C14H17NO4. The van der Waals surface area contributed by atoms with Gasteiger partial charge in [0.25, 0.3) is 0 Å². The molecule has 5 nitrogen and oxygen atoms in total. The molecular weight excluding hydrogens is 246 g/mol. The van der Waals surface area contributed by atoms with E-state index in [-0.39, 0.29) is 18.2 Å². The molecule has 1 aromatic carbocycles. The second-order valence-corrected chi connectivity index (χ2v) is 4.66. The predicted molar refractivity (Wildman–Crippen MR) is 69.6 cm³/mol. The third-order valence-corrected chi connectivity index (χ3v) is 3.42. The third kappa shape index (κ3) is 3.05. The van der Waals surface area contributed by atoms with Crippen LogP contribution in [-0.4, -0.2) is 42.1 Å². The molecule has 5 heteroatoms. The fourth-order valence-electron chi connectivity index (χ4n) is 2.38. The van der Waals surface area contributed by atoms with Crippen LogP contribution in [0.5, 0.6) is 5.75 Å². The molecule has 1 saturated heterocycles. The smallest absolute Gasteiger partial charge is 0.407 e. The maximum Gasteiger partial charge on any atom is 0.407 e. The monoisotopic (exact) mass is 263 g/mol. The number of methoxy groups -OCH3 is 1. The zero-order valence-electron chi connectivity index (χ0n) is 10.8. The van der Waals surface area contributed by atoms with Gasteiger partial charge in [-0.05, 0) is 25.0 Å². The Morgan fingerprint density at radius 3 is 2.89 bits per heavy atom. The molecule has 0 aromatic heterocycles. The molecule has 1 fully saturated rings. The SMILES string of the molecule is COc1cccc(C(=O)C2CCCN(C(=O)O)C2)c1. The first-order valence-electron chi connectivity index (χ1n) is 6.28. The van der Waals surface area contributed by atoms with Crippen molar-refractivity contribution in [1.82, 2.24) is 4.90 Å². The summed E-state index contributed by atoms with van der Waals surface area (Å²) in [4.78, 5) is 24.6. The van der Waals surface area contributed by atoms with E-state index in [0.29, 0.717) is 17.9 Å². The fourth-order valence-corrected chi connectivity index (χ4v) is 2.38. The number of rotatable bonds is 3. The molecule has 0 saturated carbocycles. The lowest BCUT2D eigenvalue weighted by Gasteiger charge is -2.29. The molecule has 1 atom stereocenters. The van der Waals surface area contributed by atoms with E-state index in [1.54, 1.807) is 31.4 Å². The van der Waals surface area contributed by atoms with Gasteiger partial charge in [-0.15, -0.1) is 0 Å². The number of amides is 1. The van der Waals surface area contributed by atoms with E-state index in [0.717, 1.165) is 12.8 Å². The number of hydrogen-bond donors (Lipinski definition) is 1. The number of carbonyl (C=O) groups is 2. The number of likely N-dealkylation sites (tertiary alicyclic amines) is 1. The van der Waals surface area contributed by atoms with Crippen molar-refractivity contribution in [3.63, 3.8) is 0 Å². The van der Waals surface area contributed by atoms with Crippen LogP contribution in [-0.2, 0) is 0 Å². The molecule has 19 heavy (non-hydrogen) atoms. The number of nitrogens with zero attached hydrogens (tertiary/aromatic N) is 1. The first kappa shape index (κ1) is 13.4. The number of Topliss-reactive ketones (excluding diaryl/α,β-unsaturated/α-hetero) is 1. The van der Waals surface area contributed by atoms with Crippen LogP contribution < -0.4 is 4.74 Å². The van der Waals surface area contributed by atoms with E-state index in [2.05, 4.69) is 0 Å². The van der Waals surface area contributed by atoms with E-state index in [1.165, 1.54) is 4.90 Å². The van der Waals surface area contributed by atoms with E-state index in [9.17, 15) is 9.59 Å². The highest BCUT2D eigenvalue weighted by Gasteiger charge is 2.28. The van der Waals surface area contributed by atoms with Gasteiger partial charge in [-0.2, -0.15) is 0 Å². The zero-order chi connectivity index (χ0) is 13.8. The molecule has 0 spiro atoms. The first-order valence-corrected chi connectivity index (χ1v) is 6.28. The largest absolute Gasteiger partial charge is 0.497 e. The Labute approximate surface area is 111 Å². The van der Waals surface area contributed by atoms with Crippen LogP contribution in [0.25, 0.3) is 0 Å². The van der Waals surface area contributed by atoms with Gasteiger partial charge >= 0.3 is 6.09 Å². The Balaban J connectivity index is 2.12. The number of ether oxygens (including phenoxy) is 1. The summed E-state index contributed by atoms with van der Waals surface area (Å²) in [6.45, 7) is 0.794. The van der Waals surface area contributed by atoms with Crippen LogP contribution in [0, 0.1) is 5.92 Å². The predicted octanol–water partition coefficient (Wildman–Crippen LogP) is 2.27. The van der Waals surface area contributed by atoms with E-state index in [4.69, 9.17) is 9.84 Å². The van der Waals surface area contributed by atoms with Gasteiger partial charge in [0.2, 0.25) is 0 Å². The summed E-state index contributed by atoms with van der Waals surface area (Å²) in [5, 5.41) is 8.99. The van der Waals surface area contributed by atoms with E-state index >= 15 is 0 Å². The maximum absolute atomic E-state index is 12.4. The lowest BCUT2D eigenvalue weighted by Crippen LogP contribution is -2.41. The van der Waals surface area contributed by atoms with Crippen molar-refractivity contribution >= 4 is 11.9 Å². The summed E-state index contributed by atoms with van der Waals surface area (Å²) in [6.07, 6.45) is 0.509. The van der Waals surface area contributed by atoms with Crippen LogP contribution in [0.3, 0.4) is 0 Å². The summed E-state index contributed by atoms with van der Waals surface area (Å²) in [5.74, 6) is 0.374. The molecule has 1 amide bonds. The lowest BCUT2D eigenvalue weighted by atomic mass is 9.90. The molecule has 1 heterocycles. The molecule has 1 aliphatic rings. The Bertz CT molecular complexity index is 486. The highest BCUT2D eigenvalue weighted by atomic mass is 16.5. The van der Waals surface area contributed by atoms with Gasteiger partial charge in [-0.3, -0.25) is 4.79 Å². The number of benzene rings is 1. The zero-order valence-corrected chi connectivity index (χ0v) is 10.8. The van der Waals surface area contributed by atoms with Crippen LogP contribution in [0.2, 0.25) is 0 Å². The van der Waals surface area contributed by atoms with Crippen LogP contribution in [0.15, 0.2) is 24.3 Å². The number of hydrogen-bond acceptors (Lipinski definition) is 3. The standard InChI is InChI=1S/C14H17NO4/c1-19-12-6-2-4-10(8-12)13(16)11-5-3-7-15(9-11)14(17)18/h2,4,6,8,11H,3,5,7,9H2,1H3,(H,17,18). The first-order chi connectivity index (χ1) is 9.11. The maximum atomic E-state index is 12.4. The summed E-state index contributed by atoms with van der Waals surface area (Å²) in [7, 11) is 1.55. The summed E-state index contributed by atoms with van der Waals surface area (Å²) in [6, 6.07) is 6.98. The molecule has 0 radical (unpaired) electrons. The summed E-state index contributed by atoms with van der Waals surface area (Å²) >= 11 is 0. The van der Waals surface area contributed by atoms with Gasteiger partial charge in [-0.25, -0.2) is 4.79 Å². The van der Waals surface area contributed by atoms with Crippen molar-refractivity contribution < 1.29 is 19.4 Å². The second kappa shape index (κ2) is 5.73. The number of ketones is 1. The van der Waals surface area contributed by atoms with Crippen molar-refractivity contribution in [2.45, 2.75) is 12.8 Å². The minimum absolute atomic E-state index is 0.00940. The van der Waals surface area contributed by atoms with Crippen molar-refractivity contribution in [1.29, 1.82) is 0 Å². The highest BCUT2D eigenvalue weighted by Crippen LogP contribution is 2.23. The van der Waals surface area contributed by atoms with Crippen molar-refractivity contribution in [3.05, 3.63) is 29.8 Å². The summed E-state index contributed by atoms with van der Waals surface area (Å²) < 4.78 is 5.09. The molecule has 1 unspecified atom stereocenters. The molecule has 1 aromatic rings. The van der Waals surface area contributed by atoms with Gasteiger partial charge in [0.1, 0.15) is 5.75 Å². The minimum Gasteiger partial charge on any atom is -0.497 e. The molecule has 0 bridgehead atoms. The van der Waals surface area contributed by atoms with E-state index in [1.807, 2.05) is 0 Å². The van der Waals surface area contributed by atoms with Gasteiger partial charge in [0.15, 0.2) is 5.78 Å². The average molecular weight is 263 g/mol. The van der Waals surface area contributed by atoms with Crippen molar-refractivity contribution in [2.24, 2.45) is 5.92 Å². The minimum atomic E-state index is -0.955. The topological polar surface area (TPSA) is 66.8 Å². The quantitative estimate of drug-likeness (QED) is 0.849. The molecule has 102 valence electrons. The third-order valence-electron chi connectivity index (χ3n) is 3.42. The van der Waals surface area contributed by atoms with E-state index < -0.39 is 6.09 Å². The molecule has 0 aliphatic carbocycles. The number of carboxylic acid groups (broad SMARTS) is 1. The lowest BCUT2D eigenvalue weighted by molar-refractivity contribution is 0.0806. The van der Waals surface area contributed by atoms with Gasteiger partial charge < -0.3 is 14.7 Å². The highest BCUT2D eigenvalue weighted by molar-refractivity contribution is 5.98. The fraction of sp³-hybridized carbons (Fsp3) is 0.429. The Kier molecular flexibility index (Phi) is 4.04. The van der Waals surface area contributed by atoms with Crippen molar-refractivity contribution in [2.75, 3.05) is 20.2 Å². The molecule has 2 rings (SSSR count). The molecule has 1 aliphatic heterocycles.